The summed E-state index contributed by atoms with van der Waals surface area (Å²) in [4.78, 5) is 16.0. The minimum absolute atomic E-state index is 0.0908. The van der Waals surface area contributed by atoms with Crippen molar-refractivity contribution in [2.45, 2.75) is 6.61 Å². The zero-order valence-corrected chi connectivity index (χ0v) is 13.8. The lowest BCUT2D eigenvalue weighted by atomic mass is 10.1. The van der Waals surface area contributed by atoms with Crippen LogP contribution in [-0.2, 0) is 20.9 Å². The number of nitrogens with zero attached hydrogens (tertiary/aromatic N) is 2. The molecule has 2 rings (SSSR count). The van der Waals surface area contributed by atoms with E-state index in [1.54, 1.807) is 30.6 Å². The lowest BCUT2D eigenvalue weighted by Gasteiger charge is -2.09. The van der Waals surface area contributed by atoms with Crippen molar-refractivity contribution in [2.24, 2.45) is 0 Å². The van der Waals surface area contributed by atoms with Gasteiger partial charge in [0, 0.05) is 30.6 Å². The van der Waals surface area contributed by atoms with E-state index in [9.17, 15) is 10.1 Å². The second-order valence-electron chi connectivity index (χ2n) is 4.99. The predicted octanol–water partition coefficient (Wildman–Crippen LogP) is 2.76. The van der Waals surface area contributed by atoms with Gasteiger partial charge in [-0.05, 0) is 18.2 Å². The molecule has 0 aliphatic heterocycles. The molecule has 1 aromatic heterocycles. The number of ether oxygens (including phenoxy) is 3. The zero-order chi connectivity index (χ0) is 17.9. The third kappa shape index (κ3) is 5.75. The van der Waals surface area contributed by atoms with Crippen molar-refractivity contribution in [3.05, 3.63) is 65.5 Å². The topological polar surface area (TPSA) is 81.4 Å². The summed E-state index contributed by atoms with van der Waals surface area (Å²) in [5, 5.41) is 9.21. The molecule has 25 heavy (non-hydrogen) atoms. The van der Waals surface area contributed by atoms with Gasteiger partial charge in [0.05, 0.1) is 6.61 Å². The standard InChI is InChI=1S/C19H18N2O4/c1-23-9-10-24-19(22)17(12-20)11-16-6-2-3-7-18(16)25-14-15-5-4-8-21-13-15/h2-8,11,13H,9-10,14H2,1H3/b17-11+. The van der Waals surface area contributed by atoms with Crippen LogP contribution in [0.15, 0.2) is 54.4 Å². The molecule has 0 aliphatic carbocycles. The lowest BCUT2D eigenvalue weighted by Crippen LogP contribution is -2.11. The van der Waals surface area contributed by atoms with E-state index in [1.165, 1.54) is 13.2 Å². The fourth-order valence-corrected chi connectivity index (χ4v) is 1.96. The summed E-state index contributed by atoms with van der Waals surface area (Å²) in [6.07, 6.45) is 4.86. The normalized spacial score (nSPS) is 10.8. The summed E-state index contributed by atoms with van der Waals surface area (Å²) in [6.45, 7) is 0.696. The molecule has 0 unspecified atom stereocenters. The molecule has 0 bridgehead atoms. The number of rotatable bonds is 8. The van der Waals surface area contributed by atoms with E-state index in [4.69, 9.17) is 14.2 Å². The summed E-state index contributed by atoms with van der Waals surface area (Å²) in [5.41, 5.74) is 1.43. The number of benzene rings is 1. The maximum absolute atomic E-state index is 11.9. The number of hydrogen-bond donors (Lipinski definition) is 0. The van der Waals surface area contributed by atoms with Gasteiger partial charge in [-0.3, -0.25) is 4.98 Å². The van der Waals surface area contributed by atoms with Crippen molar-refractivity contribution in [2.75, 3.05) is 20.3 Å². The van der Waals surface area contributed by atoms with E-state index in [-0.39, 0.29) is 18.8 Å². The van der Waals surface area contributed by atoms with Crippen molar-refractivity contribution in [3.63, 3.8) is 0 Å². The number of para-hydroxylation sites is 1. The van der Waals surface area contributed by atoms with Crippen LogP contribution < -0.4 is 4.74 Å². The van der Waals surface area contributed by atoms with Gasteiger partial charge in [-0.25, -0.2) is 4.79 Å². The number of nitriles is 1. The van der Waals surface area contributed by atoms with Gasteiger partial charge in [0.15, 0.2) is 0 Å². The van der Waals surface area contributed by atoms with E-state index in [0.29, 0.717) is 17.9 Å². The fourth-order valence-electron chi connectivity index (χ4n) is 1.96. The van der Waals surface area contributed by atoms with E-state index in [1.807, 2.05) is 24.3 Å². The molecule has 6 nitrogen and oxygen atoms in total. The summed E-state index contributed by atoms with van der Waals surface area (Å²) < 4.78 is 15.6. The first-order valence-corrected chi connectivity index (χ1v) is 7.63. The molecule has 128 valence electrons. The molecule has 0 atom stereocenters. The molecular formula is C19H18N2O4. The molecular weight excluding hydrogens is 320 g/mol. The highest BCUT2D eigenvalue weighted by atomic mass is 16.6. The van der Waals surface area contributed by atoms with Gasteiger partial charge >= 0.3 is 5.97 Å². The summed E-state index contributed by atoms with van der Waals surface area (Å²) >= 11 is 0. The minimum Gasteiger partial charge on any atom is -0.488 e. The molecule has 0 saturated heterocycles. The summed E-state index contributed by atoms with van der Waals surface area (Å²) in [7, 11) is 1.50. The second-order valence-corrected chi connectivity index (χ2v) is 4.99. The Balaban J connectivity index is 2.12. The Kier molecular flexibility index (Phi) is 7.16. The van der Waals surface area contributed by atoms with Gasteiger partial charge in [-0.15, -0.1) is 0 Å². The van der Waals surface area contributed by atoms with Gasteiger partial charge in [0.1, 0.15) is 30.6 Å². The first kappa shape index (κ1) is 18.2. The van der Waals surface area contributed by atoms with E-state index in [0.717, 1.165) is 5.56 Å². The minimum atomic E-state index is -0.693. The highest BCUT2D eigenvalue weighted by Crippen LogP contribution is 2.22. The number of aromatic nitrogens is 1. The van der Waals surface area contributed by atoms with Crippen molar-refractivity contribution in [1.82, 2.24) is 4.98 Å². The largest absolute Gasteiger partial charge is 0.488 e. The number of carbonyl (C=O) groups is 1. The highest BCUT2D eigenvalue weighted by Gasteiger charge is 2.12. The number of methoxy groups -OCH3 is 1. The highest BCUT2D eigenvalue weighted by molar-refractivity contribution is 5.98. The van der Waals surface area contributed by atoms with E-state index < -0.39 is 5.97 Å². The molecule has 0 radical (unpaired) electrons. The predicted molar refractivity (Wildman–Crippen MR) is 91.4 cm³/mol. The molecule has 0 N–H and O–H groups in total. The summed E-state index contributed by atoms with van der Waals surface area (Å²) in [6, 6.07) is 12.7. The maximum atomic E-state index is 11.9. The van der Waals surface area contributed by atoms with Crippen molar-refractivity contribution in [3.8, 4) is 11.8 Å². The van der Waals surface area contributed by atoms with Gasteiger partial charge in [-0.1, -0.05) is 24.3 Å². The first-order valence-electron chi connectivity index (χ1n) is 7.63. The molecule has 0 fully saturated rings. The van der Waals surface area contributed by atoms with Crippen LogP contribution in [0.1, 0.15) is 11.1 Å². The number of carbonyl (C=O) groups excluding carboxylic acids is 1. The van der Waals surface area contributed by atoms with Crippen LogP contribution in [0.3, 0.4) is 0 Å². The number of esters is 1. The zero-order valence-electron chi connectivity index (χ0n) is 13.8. The smallest absolute Gasteiger partial charge is 0.348 e. The third-order valence-corrected chi connectivity index (χ3v) is 3.20. The van der Waals surface area contributed by atoms with Crippen molar-refractivity contribution in [1.29, 1.82) is 5.26 Å². The van der Waals surface area contributed by atoms with Crippen LogP contribution in [-0.4, -0.2) is 31.3 Å². The summed E-state index contributed by atoms with van der Waals surface area (Å²) in [5.74, 6) is -0.134. The quantitative estimate of drug-likeness (QED) is 0.319. The Morgan fingerprint density at radius 3 is 2.80 bits per heavy atom. The average Bonchev–Trinajstić information content (AvgIpc) is 2.66. The van der Waals surface area contributed by atoms with Gasteiger partial charge in [0.2, 0.25) is 0 Å². The Labute approximate surface area is 146 Å². The molecule has 6 heteroatoms. The molecule has 0 spiro atoms. The number of hydrogen-bond acceptors (Lipinski definition) is 6. The van der Waals surface area contributed by atoms with E-state index in [2.05, 4.69) is 4.98 Å². The van der Waals surface area contributed by atoms with Gasteiger partial charge in [0.25, 0.3) is 0 Å². The Morgan fingerprint density at radius 1 is 1.24 bits per heavy atom. The molecule has 1 aromatic carbocycles. The van der Waals surface area contributed by atoms with Crippen LogP contribution in [0.2, 0.25) is 0 Å². The molecule has 1 heterocycles. The first-order chi connectivity index (χ1) is 12.2. The fraction of sp³-hybridized carbons (Fsp3) is 0.211. The Morgan fingerprint density at radius 2 is 2.08 bits per heavy atom. The SMILES string of the molecule is COCCOC(=O)/C(C#N)=C/c1ccccc1OCc1cccnc1. The van der Waals surface area contributed by atoms with Crippen LogP contribution in [0.4, 0.5) is 0 Å². The van der Waals surface area contributed by atoms with Crippen molar-refractivity contribution < 1.29 is 19.0 Å². The van der Waals surface area contributed by atoms with Crippen LogP contribution >= 0.6 is 0 Å². The molecule has 0 aliphatic rings. The Bertz CT molecular complexity index is 766. The van der Waals surface area contributed by atoms with Crippen molar-refractivity contribution >= 4 is 12.0 Å². The average molecular weight is 338 g/mol. The molecule has 0 saturated carbocycles. The second kappa shape index (κ2) is 9.85. The molecule has 0 amide bonds. The van der Waals surface area contributed by atoms with E-state index >= 15 is 0 Å². The number of pyridine rings is 1. The monoisotopic (exact) mass is 338 g/mol. The Hall–Kier alpha value is -3.17. The van der Waals surface area contributed by atoms with Crippen LogP contribution in [0, 0.1) is 11.3 Å². The lowest BCUT2D eigenvalue weighted by molar-refractivity contribution is -0.139. The van der Waals surface area contributed by atoms with Gasteiger partial charge < -0.3 is 14.2 Å². The third-order valence-electron chi connectivity index (χ3n) is 3.20. The molecule has 2 aromatic rings. The van der Waals surface area contributed by atoms with Crippen LogP contribution in [0.5, 0.6) is 5.75 Å². The maximum Gasteiger partial charge on any atom is 0.348 e. The van der Waals surface area contributed by atoms with Gasteiger partial charge in [-0.2, -0.15) is 5.26 Å². The van der Waals surface area contributed by atoms with Crippen LogP contribution in [0.25, 0.3) is 6.08 Å².